The minimum absolute atomic E-state index is 0.316. The number of hydrogen-bond acceptors (Lipinski definition) is 4. The van der Waals surface area contributed by atoms with E-state index in [0.717, 1.165) is 177 Å². The summed E-state index contributed by atoms with van der Waals surface area (Å²) in [5.41, 5.74) is 32.1. The molecule has 0 aliphatic carbocycles. The van der Waals surface area contributed by atoms with Crippen LogP contribution in [0.25, 0.3) is 197 Å². The van der Waals surface area contributed by atoms with E-state index in [1.54, 1.807) is 6.07 Å². The quantitative estimate of drug-likeness (QED) is 0.106. The van der Waals surface area contributed by atoms with E-state index >= 15 is 0 Å². The summed E-state index contributed by atoms with van der Waals surface area (Å²) in [7, 11) is 7.72. The second-order valence-electron chi connectivity index (χ2n) is 32.7. The fraction of sp³-hybridized carbons (Fsp3) is 0.158. The lowest BCUT2D eigenvalue weighted by molar-refractivity contribution is -0.666. The molecule has 12 nitrogen and oxygen atoms in total. The van der Waals surface area contributed by atoms with Crippen LogP contribution in [-0.4, -0.2) is 0 Å². The lowest BCUT2D eigenvalue weighted by Crippen LogP contribution is -2.35. The Morgan fingerprint density at radius 2 is 0.675 bits per heavy atom. The fourth-order valence-electron chi connectivity index (χ4n) is 17.5. The third kappa shape index (κ3) is 14.7. The van der Waals surface area contributed by atoms with Crippen LogP contribution in [0.1, 0.15) is 96.6 Å². The number of furan rings is 4. The number of benzene rings is 12. The van der Waals surface area contributed by atoms with Gasteiger partial charge in [0.05, 0.1) is 56.8 Å². The van der Waals surface area contributed by atoms with Crippen LogP contribution in [0.4, 0.5) is 22.7 Å². The predicted molar refractivity (Wildman–Crippen MR) is 514 cm³/mol. The van der Waals surface area contributed by atoms with Gasteiger partial charge >= 0.3 is 0 Å². The molecule has 126 heavy (non-hydrogen) atoms. The van der Waals surface area contributed by atoms with E-state index < -0.39 is 5.89 Å². The molecular weight excluding hydrogens is 1550 g/mol. The van der Waals surface area contributed by atoms with Crippen molar-refractivity contribution in [3.63, 3.8) is 0 Å². The molecule has 0 saturated carbocycles. The highest BCUT2D eigenvalue weighted by molar-refractivity contribution is 6.21. The summed E-state index contributed by atoms with van der Waals surface area (Å²) < 4.78 is 94.0. The van der Waals surface area contributed by atoms with E-state index in [4.69, 9.17) is 53.6 Å². The van der Waals surface area contributed by atoms with Crippen molar-refractivity contribution in [2.45, 2.75) is 95.9 Å². The van der Waals surface area contributed by atoms with Crippen molar-refractivity contribution < 1.29 is 45.5 Å². The Bertz CT molecular complexity index is 8380. The molecule has 0 saturated heterocycles. The summed E-state index contributed by atoms with van der Waals surface area (Å²) in [4.78, 5) is 15.1. The topological polar surface area (TPSA) is 85.5 Å². The van der Waals surface area contributed by atoms with Gasteiger partial charge in [0.15, 0.2) is 22.8 Å². The molecule has 12 heteroatoms. The van der Waals surface area contributed by atoms with Gasteiger partial charge in [-0.15, -0.1) is 0 Å². The minimum atomic E-state index is -0.717. The number of hydrogen-bond donors (Lipinski definition) is 0. The molecule has 0 N–H and O–H groups in total. The van der Waals surface area contributed by atoms with Crippen molar-refractivity contribution in [1.82, 2.24) is 0 Å². The van der Waals surface area contributed by atoms with Crippen molar-refractivity contribution >= 4 is 111 Å². The molecule has 0 aliphatic rings. The molecule has 20 aromatic rings. The zero-order valence-corrected chi connectivity index (χ0v) is 73.7. The van der Waals surface area contributed by atoms with Gasteiger partial charge in [-0.3, -0.25) is 0 Å². The maximum absolute atomic E-state index is 8.88. The van der Waals surface area contributed by atoms with Crippen molar-refractivity contribution in [3.05, 3.63) is 380 Å². The van der Waals surface area contributed by atoms with Crippen LogP contribution in [0.3, 0.4) is 0 Å². The lowest BCUT2D eigenvalue weighted by Gasteiger charge is -2.12. The third-order valence-corrected chi connectivity index (χ3v) is 24.3. The van der Waals surface area contributed by atoms with Crippen LogP contribution >= 0.6 is 0 Å². The Balaban J connectivity index is 0.000000124. The standard InChI is InChI=1S/C30H27N2O.3C28H23N2O/c1-18(2)22-16-20(4)32(6)26(17-22)27-19(3)12-13-24-25-15-14-23(21-10-8-7-9-11-21)28(31-5)30(25)33-29(24)27;1-17-14-19(3)30(5)24(15-17)25-18(2)16-22(20-10-7-6-8-11-20)26-21-12-9-13-23(29-4)27(21)31-28(25)26;1-17-13-19(3)30(5)25(14-17)26-18(2)11-12-22-23-15-21(20-9-7-6-8-10-20)16-24(29-4)27(23)31-28(22)26;1-17-15-19(3)30(5)24(16-17)25-18(2)11-12-22-26-21(20-9-7-6-8-10-20)13-14-23(29-4)28(26)31-27(22)25/h7-18H,1-4,6H3;3*6-16H,1-3,5H3/q4*+1/i18D;14D,15D;13D,14D;15D,16D. The molecule has 0 spiro atoms. The van der Waals surface area contributed by atoms with E-state index in [-0.39, 0.29) is 0 Å². The molecule has 0 amide bonds. The summed E-state index contributed by atoms with van der Waals surface area (Å²) in [5.74, 6) is -0.717. The maximum atomic E-state index is 8.88. The van der Waals surface area contributed by atoms with Gasteiger partial charge in [0.1, 0.15) is 72.9 Å². The Labute approximate surface area is 745 Å². The number of pyridine rings is 4. The van der Waals surface area contributed by atoms with E-state index in [1.807, 2.05) is 276 Å². The van der Waals surface area contributed by atoms with Crippen LogP contribution < -0.4 is 18.3 Å². The first kappa shape index (κ1) is 74.2. The van der Waals surface area contributed by atoms with Crippen LogP contribution in [-0.2, 0) is 28.2 Å². The molecule has 0 aliphatic heterocycles. The highest BCUT2D eigenvalue weighted by Crippen LogP contribution is 2.50. The van der Waals surface area contributed by atoms with Gasteiger partial charge in [-0.25, -0.2) is 19.4 Å². The van der Waals surface area contributed by atoms with Gasteiger partial charge in [-0.1, -0.05) is 214 Å². The number of rotatable bonds is 9. The second kappa shape index (κ2) is 33.7. The molecule has 8 aromatic heterocycles. The smallest absolute Gasteiger partial charge is 0.237 e. The van der Waals surface area contributed by atoms with E-state index in [0.29, 0.717) is 126 Å². The largest absolute Gasteiger partial charge is 0.466 e. The van der Waals surface area contributed by atoms with Crippen molar-refractivity contribution in [3.8, 4) is 89.5 Å². The molecule has 0 radical (unpaired) electrons. The van der Waals surface area contributed by atoms with Crippen molar-refractivity contribution in [2.24, 2.45) is 28.2 Å². The molecule has 20 rings (SSSR count). The third-order valence-electron chi connectivity index (χ3n) is 24.3. The van der Waals surface area contributed by atoms with E-state index in [2.05, 4.69) is 105 Å². The lowest BCUT2D eigenvalue weighted by atomic mass is 9.92. The van der Waals surface area contributed by atoms with Gasteiger partial charge in [0.25, 0.3) is 0 Å². The molecule has 8 heterocycles. The summed E-state index contributed by atoms with van der Waals surface area (Å²) in [5, 5.41) is 7.39. The zero-order valence-electron chi connectivity index (χ0n) is 80.7. The summed E-state index contributed by atoms with van der Waals surface area (Å²) in [6, 6.07) is 78.5. The maximum Gasteiger partial charge on any atom is 0.237 e. The molecule has 612 valence electrons. The van der Waals surface area contributed by atoms with Crippen LogP contribution in [0, 0.1) is 102 Å². The average molecular weight is 1650 g/mol. The Hall–Kier alpha value is -15.6. The van der Waals surface area contributed by atoms with Crippen LogP contribution in [0.15, 0.2) is 284 Å². The molecule has 0 atom stereocenters. The van der Waals surface area contributed by atoms with E-state index in [9.17, 15) is 0 Å². The van der Waals surface area contributed by atoms with Gasteiger partial charge in [0, 0.05) is 121 Å². The highest BCUT2D eigenvalue weighted by Gasteiger charge is 2.31. The highest BCUT2D eigenvalue weighted by atomic mass is 16.3. The number of fused-ring (bicyclic) bond motifs is 12. The molecule has 12 aromatic carbocycles. The summed E-state index contributed by atoms with van der Waals surface area (Å²) in [6.45, 7) is 56.2. The van der Waals surface area contributed by atoms with Gasteiger partial charge in [-0.05, 0) is 162 Å². The monoisotopic (exact) mass is 1650 g/mol. The average Bonchev–Trinajstić information content (AvgIpc) is 1.60. The number of nitrogens with zero attached hydrogens (tertiary/aromatic N) is 8. The Morgan fingerprint density at radius 3 is 1.19 bits per heavy atom. The van der Waals surface area contributed by atoms with Crippen molar-refractivity contribution in [1.29, 1.82) is 0 Å². The van der Waals surface area contributed by atoms with Crippen LogP contribution in [0.5, 0.6) is 0 Å². The SMILES string of the molecule is [2H]C(C)(C)c1cc(C)[n+](C)c(-c2c(C)ccc3c2oc2c([N+]#[C-])c(-c4ccccc4)ccc23)c1.[2H]c1c(C)c([2H])c(-c2c(C)cc(-c3ccccc3)c3c2oc2c([N+]#[C-])cccc23)[n+](C)c1C.[2H]c1c(C)c([2H])c(-c2c(C)ccc3c2oc2c([N+]#[C-])cc(-c4ccccc4)cc23)[n+](C)c1C.[2H]c1c(C)c([2H])c(-c2c(C)ccc3c2oc2c([N+]#[C-])ccc(-c4ccccc4)c23)[n+](C)c1C. The zero-order chi connectivity index (χ0) is 94.5. The first-order valence-electron chi connectivity index (χ1n) is 45.3. The molecule has 0 unspecified atom stereocenters. The number of aromatic nitrogens is 4. The first-order chi connectivity index (χ1) is 63.7. The van der Waals surface area contributed by atoms with Crippen molar-refractivity contribution in [2.75, 3.05) is 0 Å². The first-order valence-corrected chi connectivity index (χ1v) is 41.8. The number of para-hydroxylation sites is 1. The predicted octanol–water partition coefficient (Wildman–Crippen LogP) is 29.7. The van der Waals surface area contributed by atoms with Gasteiger partial charge in [-0.2, -0.15) is 18.3 Å². The van der Waals surface area contributed by atoms with Gasteiger partial charge in [0.2, 0.25) is 45.5 Å². The molecule has 0 fully saturated rings. The van der Waals surface area contributed by atoms with E-state index in [1.165, 1.54) is 0 Å². The Morgan fingerprint density at radius 1 is 0.286 bits per heavy atom. The van der Waals surface area contributed by atoms with Crippen LogP contribution in [0.2, 0.25) is 0 Å². The van der Waals surface area contributed by atoms with Gasteiger partial charge < -0.3 is 17.7 Å². The number of aryl methyl sites for hydroxylation is 5. The summed E-state index contributed by atoms with van der Waals surface area (Å²) in [6.07, 6.45) is 0. The molecular formula is C114H96N8O4+4. The Kier molecular flexibility index (Phi) is 19.8. The normalized spacial score (nSPS) is 12.1. The molecule has 0 bridgehead atoms. The minimum Gasteiger partial charge on any atom is -0.466 e. The summed E-state index contributed by atoms with van der Waals surface area (Å²) >= 11 is 0. The fourth-order valence-corrected chi connectivity index (χ4v) is 17.5. The second-order valence-corrected chi connectivity index (χ2v) is 32.7.